The summed E-state index contributed by atoms with van der Waals surface area (Å²) >= 11 is 0. The highest BCUT2D eigenvalue weighted by Crippen LogP contribution is 2.08. The molecule has 0 rings (SSSR count). The average Bonchev–Trinajstić information content (AvgIpc) is 2.12. The second kappa shape index (κ2) is 6.83. The van der Waals surface area contributed by atoms with E-state index in [2.05, 4.69) is 0 Å². The van der Waals surface area contributed by atoms with Gasteiger partial charge in [0.15, 0.2) is 9.84 Å². The van der Waals surface area contributed by atoms with Crippen LogP contribution >= 0.6 is 0 Å². The molecule has 0 heterocycles. The van der Waals surface area contributed by atoms with Crippen LogP contribution in [0.15, 0.2) is 0 Å². The summed E-state index contributed by atoms with van der Waals surface area (Å²) in [6.07, 6.45) is 2.67. The molecule has 0 saturated carbocycles. The zero-order chi connectivity index (χ0) is 11.0. The first-order valence-corrected chi connectivity index (χ1v) is 6.91. The van der Waals surface area contributed by atoms with Crippen LogP contribution in [-0.4, -0.2) is 19.9 Å². The highest BCUT2D eigenvalue weighted by molar-refractivity contribution is 7.91. The topological polar surface area (TPSA) is 57.9 Å². The van der Waals surface area contributed by atoms with Crippen molar-refractivity contribution in [2.24, 2.45) is 5.92 Å². The third-order valence-corrected chi connectivity index (χ3v) is 4.22. The number of sulfone groups is 1. The quantitative estimate of drug-likeness (QED) is 0.614. The lowest BCUT2D eigenvalue weighted by atomic mass is 10.2. The zero-order valence-electron chi connectivity index (χ0n) is 8.99. The Kier molecular flexibility index (Phi) is 6.56. The summed E-state index contributed by atoms with van der Waals surface area (Å²) in [7, 11) is -2.88. The first kappa shape index (κ1) is 13.4. The normalized spacial score (nSPS) is 13.5. The summed E-state index contributed by atoms with van der Waals surface area (Å²) in [5.41, 5.74) is 0. The molecule has 0 amide bonds. The Hall–Kier alpha value is -0.560. The van der Waals surface area contributed by atoms with Crippen LogP contribution in [0.5, 0.6) is 0 Å². The molecule has 0 saturated heterocycles. The molecule has 82 valence electrons. The van der Waals surface area contributed by atoms with Crippen molar-refractivity contribution in [3.63, 3.8) is 0 Å². The number of rotatable bonds is 7. The molecule has 0 spiro atoms. The molecule has 0 aromatic carbocycles. The van der Waals surface area contributed by atoms with Gasteiger partial charge in [-0.3, -0.25) is 0 Å². The molecule has 3 nitrogen and oxygen atoms in total. The van der Waals surface area contributed by atoms with Gasteiger partial charge in [0.1, 0.15) is 0 Å². The van der Waals surface area contributed by atoms with Crippen molar-refractivity contribution < 1.29 is 8.42 Å². The maximum absolute atomic E-state index is 11.5. The van der Waals surface area contributed by atoms with E-state index in [1.54, 1.807) is 0 Å². The zero-order valence-corrected chi connectivity index (χ0v) is 9.81. The number of nitriles is 1. The van der Waals surface area contributed by atoms with Gasteiger partial charge in [0, 0.05) is 6.42 Å². The molecule has 0 N–H and O–H groups in total. The summed E-state index contributed by atoms with van der Waals surface area (Å²) in [4.78, 5) is 0. The van der Waals surface area contributed by atoms with E-state index in [0.29, 0.717) is 19.3 Å². The Labute approximate surface area is 87.0 Å². The summed E-state index contributed by atoms with van der Waals surface area (Å²) < 4.78 is 23.0. The van der Waals surface area contributed by atoms with E-state index in [1.165, 1.54) is 0 Å². The van der Waals surface area contributed by atoms with E-state index in [0.717, 1.165) is 6.42 Å². The van der Waals surface area contributed by atoms with E-state index in [4.69, 9.17) is 5.26 Å². The minimum atomic E-state index is -2.88. The molecule has 14 heavy (non-hydrogen) atoms. The predicted octanol–water partition coefficient (Wildman–Crippen LogP) is 2.14. The van der Waals surface area contributed by atoms with Crippen LogP contribution in [0.3, 0.4) is 0 Å². The monoisotopic (exact) mass is 217 g/mol. The molecule has 0 radical (unpaired) electrons. The van der Waals surface area contributed by atoms with Crippen molar-refractivity contribution in [2.75, 3.05) is 11.5 Å². The first-order valence-electron chi connectivity index (χ1n) is 5.09. The maximum atomic E-state index is 11.5. The van der Waals surface area contributed by atoms with Crippen LogP contribution in [0.2, 0.25) is 0 Å². The van der Waals surface area contributed by atoms with E-state index in [-0.39, 0.29) is 17.4 Å². The number of hydrogen-bond donors (Lipinski definition) is 0. The van der Waals surface area contributed by atoms with Crippen LogP contribution in [-0.2, 0) is 9.84 Å². The standard InChI is InChI=1S/C10H19NO2S/c1-3-10(2)9-14(12,13)8-6-4-5-7-11/h10H,3-6,8-9H2,1-2H3. The first-order chi connectivity index (χ1) is 6.52. The van der Waals surface area contributed by atoms with Crippen LogP contribution in [0, 0.1) is 17.2 Å². The van der Waals surface area contributed by atoms with Gasteiger partial charge in [-0.15, -0.1) is 0 Å². The Bertz CT molecular complexity index is 277. The molecule has 0 aliphatic rings. The summed E-state index contributed by atoms with van der Waals surface area (Å²) in [5, 5.41) is 8.28. The van der Waals surface area contributed by atoms with E-state index >= 15 is 0 Å². The van der Waals surface area contributed by atoms with Gasteiger partial charge in [0.2, 0.25) is 0 Å². The van der Waals surface area contributed by atoms with Crippen LogP contribution in [0.1, 0.15) is 39.5 Å². The van der Waals surface area contributed by atoms with Crippen molar-refractivity contribution in [3.8, 4) is 6.07 Å². The average molecular weight is 217 g/mol. The number of nitrogens with zero attached hydrogens (tertiary/aromatic N) is 1. The SMILES string of the molecule is CCC(C)CS(=O)(=O)CCCCC#N. The lowest BCUT2D eigenvalue weighted by molar-refractivity contribution is 0.561. The molecule has 0 fully saturated rings. The third kappa shape index (κ3) is 6.90. The van der Waals surface area contributed by atoms with Crippen LogP contribution < -0.4 is 0 Å². The highest BCUT2D eigenvalue weighted by atomic mass is 32.2. The lowest BCUT2D eigenvalue weighted by Gasteiger charge is -2.08. The minimum absolute atomic E-state index is 0.235. The largest absolute Gasteiger partial charge is 0.229 e. The summed E-state index contributed by atoms with van der Waals surface area (Å²) in [5.74, 6) is 0.769. The van der Waals surface area contributed by atoms with Gasteiger partial charge < -0.3 is 0 Å². The van der Waals surface area contributed by atoms with E-state index in [1.807, 2.05) is 19.9 Å². The smallest absolute Gasteiger partial charge is 0.150 e. The Balaban J connectivity index is 3.80. The second-order valence-electron chi connectivity index (χ2n) is 3.74. The fraction of sp³-hybridized carbons (Fsp3) is 0.900. The van der Waals surface area contributed by atoms with Crippen molar-refractivity contribution in [1.82, 2.24) is 0 Å². The fourth-order valence-corrected chi connectivity index (χ4v) is 3.07. The van der Waals surface area contributed by atoms with E-state index < -0.39 is 9.84 Å². The molecule has 1 atom stereocenters. The van der Waals surface area contributed by atoms with Gasteiger partial charge in [0.25, 0.3) is 0 Å². The van der Waals surface area contributed by atoms with Crippen molar-refractivity contribution in [3.05, 3.63) is 0 Å². The van der Waals surface area contributed by atoms with Crippen LogP contribution in [0.4, 0.5) is 0 Å². The highest BCUT2D eigenvalue weighted by Gasteiger charge is 2.13. The molecular formula is C10H19NO2S. The minimum Gasteiger partial charge on any atom is -0.229 e. The summed E-state index contributed by atoms with van der Waals surface area (Å²) in [6.45, 7) is 3.95. The van der Waals surface area contributed by atoms with Crippen molar-refractivity contribution in [1.29, 1.82) is 5.26 Å². The molecule has 1 unspecified atom stereocenters. The number of unbranched alkanes of at least 4 members (excludes halogenated alkanes) is 2. The molecule has 0 aliphatic carbocycles. The Morgan fingerprint density at radius 2 is 2.00 bits per heavy atom. The molecule has 0 aromatic rings. The van der Waals surface area contributed by atoms with E-state index in [9.17, 15) is 8.42 Å². The maximum Gasteiger partial charge on any atom is 0.150 e. The number of hydrogen-bond acceptors (Lipinski definition) is 3. The van der Waals surface area contributed by atoms with Gasteiger partial charge in [-0.2, -0.15) is 5.26 Å². The fourth-order valence-electron chi connectivity index (χ4n) is 1.16. The Morgan fingerprint density at radius 1 is 1.36 bits per heavy atom. The molecule has 0 bridgehead atoms. The molecule has 0 aromatic heterocycles. The van der Waals surface area contributed by atoms with Gasteiger partial charge in [-0.05, 0) is 18.8 Å². The molecular weight excluding hydrogens is 198 g/mol. The van der Waals surface area contributed by atoms with Gasteiger partial charge in [0.05, 0.1) is 17.6 Å². The van der Waals surface area contributed by atoms with Crippen LogP contribution in [0.25, 0.3) is 0 Å². The van der Waals surface area contributed by atoms with Gasteiger partial charge in [-0.1, -0.05) is 20.3 Å². The van der Waals surface area contributed by atoms with Gasteiger partial charge >= 0.3 is 0 Å². The summed E-state index contributed by atoms with van der Waals surface area (Å²) in [6, 6.07) is 2.01. The lowest BCUT2D eigenvalue weighted by Crippen LogP contribution is -2.16. The van der Waals surface area contributed by atoms with Crippen molar-refractivity contribution >= 4 is 9.84 Å². The molecule has 4 heteroatoms. The molecule has 0 aliphatic heterocycles. The van der Waals surface area contributed by atoms with Gasteiger partial charge in [-0.25, -0.2) is 8.42 Å². The predicted molar refractivity (Wildman–Crippen MR) is 57.6 cm³/mol. The Morgan fingerprint density at radius 3 is 2.50 bits per heavy atom. The second-order valence-corrected chi connectivity index (χ2v) is 5.97. The van der Waals surface area contributed by atoms with Crippen molar-refractivity contribution in [2.45, 2.75) is 39.5 Å². The third-order valence-electron chi connectivity index (χ3n) is 2.23.